The Hall–Kier alpha value is -1.07. The first-order chi connectivity index (χ1) is 9.45. The zero-order valence-corrected chi connectivity index (χ0v) is 11.3. The normalized spacial score (nSPS) is 21.1. The molecule has 1 aromatic rings. The molecule has 0 radical (unpaired) electrons. The summed E-state index contributed by atoms with van der Waals surface area (Å²) >= 11 is 0. The van der Waals surface area contributed by atoms with Gasteiger partial charge in [-0.15, -0.1) is 0 Å². The minimum atomic E-state index is -4.28. The molecule has 0 saturated carbocycles. The number of ether oxygens (including phenoxy) is 1. The first-order valence-corrected chi connectivity index (χ1v) is 6.98. The van der Waals surface area contributed by atoms with E-state index in [2.05, 4.69) is 0 Å². The SMILES string of the molecule is NC(CCC1CCCO1)Cc1ccc(C(F)(F)F)cc1. The Bertz CT molecular complexity index is 410. The zero-order valence-electron chi connectivity index (χ0n) is 11.3. The van der Waals surface area contributed by atoms with Crippen molar-refractivity contribution in [1.82, 2.24) is 0 Å². The first-order valence-electron chi connectivity index (χ1n) is 6.98. The van der Waals surface area contributed by atoms with Crippen molar-refractivity contribution >= 4 is 0 Å². The second-order valence-corrected chi connectivity index (χ2v) is 5.37. The molecule has 0 aromatic heterocycles. The van der Waals surface area contributed by atoms with Gasteiger partial charge in [-0.3, -0.25) is 0 Å². The number of hydrogen-bond acceptors (Lipinski definition) is 2. The van der Waals surface area contributed by atoms with Crippen LogP contribution in [0.15, 0.2) is 24.3 Å². The van der Waals surface area contributed by atoms with E-state index < -0.39 is 11.7 Å². The first kappa shape index (κ1) is 15.3. The molecule has 112 valence electrons. The highest BCUT2D eigenvalue weighted by molar-refractivity contribution is 5.25. The van der Waals surface area contributed by atoms with Gasteiger partial charge in [0.2, 0.25) is 0 Å². The van der Waals surface area contributed by atoms with E-state index in [1.165, 1.54) is 12.1 Å². The fourth-order valence-corrected chi connectivity index (χ4v) is 2.51. The molecule has 1 aromatic carbocycles. The molecular weight excluding hydrogens is 267 g/mol. The highest BCUT2D eigenvalue weighted by atomic mass is 19.4. The summed E-state index contributed by atoms with van der Waals surface area (Å²) in [6.45, 7) is 0.832. The molecule has 0 amide bonds. The van der Waals surface area contributed by atoms with Crippen molar-refractivity contribution < 1.29 is 17.9 Å². The topological polar surface area (TPSA) is 35.2 Å². The molecular formula is C15H20F3NO. The third kappa shape index (κ3) is 4.49. The van der Waals surface area contributed by atoms with Crippen LogP contribution in [-0.4, -0.2) is 18.8 Å². The van der Waals surface area contributed by atoms with Crippen LogP contribution in [0.1, 0.15) is 36.8 Å². The molecule has 2 unspecified atom stereocenters. The molecule has 1 saturated heterocycles. The molecule has 1 fully saturated rings. The molecule has 1 aliphatic rings. The van der Waals surface area contributed by atoms with E-state index in [4.69, 9.17) is 10.5 Å². The van der Waals surface area contributed by atoms with Crippen LogP contribution in [0.2, 0.25) is 0 Å². The van der Waals surface area contributed by atoms with E-state index in [1.807, 2.05) is 0 Å². The molecule has 2 rings (SSSR count). The Labute approximate surface area is 117 Å². The number of nitrogens with two attached hydrogens (primary N) is 1. The summed E-state index contributed by atoms with van der Waals surface area (Å²) in [7, 11) is 0. The van der Waals surface area contributed by atoms with Crippen LogP contribution in [-0.2, 0) is 17.3 Å². The van der Waals surface area contributed by atoms with Gasteiger partial charge in [-0.25, -0.2) is 0 Å². The van der Waals surface area contributed by atoms with Crippen molar-refractivity contribution in [3.8, 4) is 0 Å². The van der Waals surface area contributed by atoms with Crippen LogP contribution in [0.5, 0.6) is 0 Å². The van der Waals surface area contributed by atoms with Gasteiger partial charge in [-0.05, 0) is 49.8 Å². The molecule has 0 spiro atoms. The summed E-state index contributed by atoms with van der Waals surface area (Å²) < 4.78 is 42.8. The molecule has 2 N–H and O–H groups in total. The van der Waals surface area contributed by atoms with E-state index in [0.717, 1.165) is 50.0 Å². The van der Waals surface area contributed by atoms with Gasteiger partial charge >= 0.3 is 6.18 Å². The molecule has 0 aliphatic carbocycles. The van der Waals surface area contributed by atoms with Gasteiger partial charge in [-0.2, -0.15) is 13.2 Å². The van der Waals surface area contributed by atoms with E-state index in [0.29, 0.717) is 12.5 Å². The van der Waals surface area contributed by atoms with Crippen molar-refractivity contribution in [1.29, 1.82) is 0 Å². The summed E-state index contributed by atoms with van der Waals surface area (Å²) in [5.74, 6) is 0. The third-order valence-corrected chi connectivity index (χ3v) is 3.66. The zero-order chi connectivity index (χ0) is 14.6. The lowest BCUT2D eigenvalue weighted by atomic mass is 9.99. The summed E-state index contributed by atoms with van der Waals surface area (Å²) in [5, 5.41) is 0. The fourth-order valence-electron chi connectivity index (χ4n) is 2.51. The number of rotatable bonds is 5. The standard InChI is InChI=1S/C15H20F3NO/c16-15(17,18)12-5-3-11(4-6-12)10-13(19)7-8-14-2-1-9-20-14/h3-6,13-14H,1-2,7-10,19H2. The maximum atomic E-state index is 12.4. The number of alkyl halides is 3. The lowest BCUT2D eigenvalue weighted by Gasteiger charge is -2.15. The van der Waals surface area contributed by atoms with Gasteiger partial charge < -0.3 is 10.5 Å². The molecule has 1 aliphatic heterocycles. The van der Waals surface area contributed by atoms with E-state index >= 15 is 0 Å². The largest absolute Gasteiger partial charge is 0.416 e. The van der Waals surface area contributed by atoms with Crippen LogP contribution in [0, 0.1) is 0 Å². The van der Waals surface area contributed by atoms with Crippen LogP contribution >= 0.6 is 0 Å². The quantitative estimate of drug-likeness (QED) is 0.899. The van der Waals surface area contributed by atoms with Crippen molar-refractivity contribution in [3.63, 3.8) is 0 Å². The summed E-state index contributed by atoms with van der Waals surface area (Å²) in [5.41, 5.74) is 6.26. The lowest BCUT2D eigenvalue weighted by Crippen LogP contribution is -2.24. The Balaban J connectivity index is 1.80. The van der Waals surface area contributed by atoms with E-state index in [9.17, 15) is 13.2 Å². The lowest BCUT2D eigenvalue weighted by molar-refractivity contribution is -0.137. The Kier molecular flexibility index (Phi) is 5.05. The highest BCUT2D eigenvalue weighted by Crippen LogP contribution is 2.29. The van der Waals surface area contributed by atoms with E-state index in [1.54, 1.807) is 0 Å². The number of benzene rings is 1. The maximum Gasteiger partial charge on any atom is 0.416 e. The number of hydrogen-bond donors (Lipinski definition) is 1. The Morgan fingerprint density at radius 1 is 1.25 bits per heavy atom. The maximum absolute atomic E-state index is 12.4. The van der Waals surface area contributed by atoms with Gasteiger partial charge in [0, 0.05) is 12.6 Å². The second kappa shape index (κ2) is 6.59. The molecule has 1 heterocycles. The average Bonchev–Trinajstić information content (AvgIpc) is 2.89. The summed E-state index contributed by atoms with van der Waals surface area (Å²) in [6.07, 6.45) is 0.610. The smallest absolute Gasteiger partial charge is 0.378 e. The molecule has 5 heteroatoms. The van der Waals surface area contributed by atoms with Crippen molar-refractivity contribution in [2.24, 2.45) is 5.73 Å². The molecule has 2 nitrogen and oxygen atoms in total. The summed E-state index contributed by atoms with van der Waals surface area (Å²) in [6, 6.07) is 5.21. The van der Waals surface area contributed by atoms with Crippen LogP contribution in [0.4, 0.5) is 13.2 Å². The van der Waals surface area contributed by atoms with Crippen LogP contribution in [0.25, 0.3) is 0 Å². The molecule has 20 heavy (non-hydrogen) atoms. The van der Waals surface area contributed by atoms with E-state index in [-0.39, 0.29) is 6.04 Å². The second-order valence-electron chi connectivity index (χ2n) is 5.37. The summed E-state index contributed by atoms with van der Waals surface area (Å²) in [4.78, 5) is 0. The molecule has 2 atom stereocenters. The predicted molar refractivity (Wildman–Crippen MR) is 71.3 cm³/mol. The minimum absolute atomic E-state index is 0.0315. The Morgan fingerprint density at radius 2 is 1.95 bits per heavy atom. The van der Waals surface area contributed by atoms with Crippen molar-refractivity contribution in [3.05, 3.63) is 35.4 Å². The average molecular weight is 287 g/mol. The monoisotopic (exact) mass is 287 g/mol. The predicted octanol–water partition coefficient (Wildman–Crippen LogP) is 3.53. The van der Waals surface area contributed by atoms with Gasteiger partial charge in [-0.1, -0.05) is 12.1 Å². The van der Waals surface area contributed by atoms with Gasteiger partial charge in [0.25, 0.3) is 0 Å². The van der Waals surface area contributed by atoms with Gasteiger partial charge in [0.1, 0.15) is 0 Å². The third-order valence-electron chi connectivity index (χ3n) is 3.66. The van der Waals surface area contributed by atoms with Crippen molar-refractivity contribution in [2.45, 2.75) is 50.4 Å². The van der Waals surface area contributed by atoms with Crippen molar-refractivity contribution in [2.75, 3.05) is 6.61 Å². The number of halogens is 3. The van der Waals surface area contributed by atoms with Gasteiger partial charge in [0.15, 0.2) is 0 Å². The van der Waals surface area contributed by atoms with Gasteiger partial charge in [0.05, 0.1) is 11.7 Å². The fraction of sp³-hybridized carbons (Fsp3) is 0.600. The minimum Gasteiger partial charge on any atom is -0.378 e. The molecule has 0 bridgehead atoms. The highest BCUT2D eigenvalue weighted by Gasteiger charge is 2.29. The van der Waals surface area contributed by atoms with Crippen LogP contribution < -0.4 is 5.73 Å². The Morgan fingerprint density at radius 3 is 2.50 bits per heavy atom. The van der Waals surface area contributed by atoms with Crippen LogP contribution in [0.3, 0.4) is 0 Å².